The smallest absolute Gasteiger partial charge is 0.255 e. The van der Waals surface area contributed by atoms with Gasteiger partial charge in [0.25, 0.3) is 12.3 Å². The first kappa shape index (κ1) is 17.8. The number of sulfonamides is 1. The molecule has 0 radical (unpaired) electrons. The van der Waals surface area contributed by atoms with Crippen molar-refractivity contribution in [3.8, 4) is 0 Å². The van der Waals surface area contributed by atoms with Crippen molar-refractivity contribution in [3.05, 3.63) is 29.8 Å². The molecule has 0 aliphatic carbocycles. The summed E-state index contributed by atoms with van der Waals surface area (Å²) < 4.78 is 50.2. The van der Waals surface area contributed by atoms with Gasteiger partial charge in [-0.1, -0.05) is 0 Å². The van der Waals surface area contributed by atoms with Crippen molar-refractivity contribution in [2.45, 2.75) is 30.3 Å². The van der Waals surface area contributed by atoms with E-state index in [9.17, 15) is 27.1 Å². The first-order valence-electron chi connectivity index (χ1n) is 7.15. The fourth-order valence-electron chi connectivity index (χ4n) is 2.34. The van der Waals surface area contributed by atoms with E-state index in [2.05, 4.69) is 0 Å². The van der Waals surface area contributed by atoms with Crippen LogP contribution in [0.25, 0.3) is 0 Å². The monoisotopic (exact) mass is 348 g/mol. The Morgan fingerprint density at radius 3 is 2.57 bits per heavy atom. The van der Waals surface area contributed by atoms with E-state index in [1.165, 1.54) is 28.6 Å². The summed E-state index contributed by atoms with van der Waals surface area (Å²) in [5.74, 6) is -0.692. The van der Waals surface area contributed by atoms with E-state index in [-0.39, 0.29) is 17.0 Å². The van der Waals surface area contributed by atoms with Gasteiger partial charge in [-0.25, -0.2) is 17.2 Å². The summed E-state index contributed by atoms with van der Waals surface area (Å²) in [5, 5.41) is 11.6. The molecule has 1 atom stereocenters. The average Bonchev–Trinajstić information content (AvgIpc) is 2.52. The minimum absolute atomic E-state index is 0.00277. The number of halogens is 2. The molecule has 1 heterocycles. The Labute approximate surface area is 133 Å². The number of carbonyl (C=O) groups is 1. The van der Waals surface area contributed by atoms with Crippen LogP contribution in [-0.4, -0.2) is 55.9 Å². The quantitative estimate of drug-likeness (QED) is 0.825. The van der Waals surface area contributed by atoms with E-state index in [1.54, 1.807) is 0 Å². The number of piperidine rings is 1. The highest BCUT2D eigenvalue weighted by Crippen LogP contribution is 2.21. The zero-order chi connectivity index (χ0) is 17.0. The molecule has 128 valence electrons. The third-order valence-corrected chi connectivity index (χ3v) is 5.41. The molecule has 9 heteroatoms. The molecule has 1 amide bonds. The predicted molar refractivity (Wildman–Crippen MR) is 78.8 cm³/mol. The Morgan fingerprint density at radius 1 is 1.35 bits per heavy atom. The zero-order valence-electron chi connectivity index (χ0n) is 12.3. The van der Waals surface area contributed by atoms with E-state index >= 15 is 0 Å². The largest absolute Gasteiger partial charge is 0.392 e. The molecule has 0 aromatic heterocycles. The Balaban J connectivity index is 2.10. The number of aliphatic hydroxyl groups is 1. The van der Waals surface area contributed by atoms with Gasteiger partial charge in [0.2, 0.25) is 10.0 Å². The van der Waals surface area contributed by atoms with Gasteiger partial charge in [-0.15, -0.1) is 0 Å². The predicted octanol–water partition coefficient (Wildman–Crippen LogP) is 0.827. The van der Waals surface area contributed by atoms with Gasteiger partial charge >= 0.3 is 0 Å². The number of aliphatic hydroxyl groups excluding tert-OH is 1. The third kappa shape index (κ3) is 4.46. The van der Waals surface area contributed by atoms with Gasteiger partial charge in [-0.3, -0.25) is 4.79 Å². The summed E-state index contributed by atoms with van der Waals surface area (Å²) in [5.41, 5.74) is 0.100. The Hall–Kier alpha value is -1.58. The topological polar surface area (TPSA) is 86.7 Å². The van der Waals surface area contributed by atoms with Gasteiger partial charge in [0.1, 0.15) is 0 Å². The molecule has 1 aromatic carbocycles. The average molecular weight is 348 g/mol. The summed E-state index contributed by atoms with van der Waals surface area (Å²) in [7, 11) is -3.74. The van der Waals surface area contributed by atoms with Crippen molar-refractivity contribution in [2.75, 3.05) is 19.6 Å². The maximum atomic E-state index is 12.4. The molecular formula is C14H18F2N2O4S. The Kier molecular flexibility index (Phi) is 5.66. The number of nitrogens with zero attached hydrogens (tertiary/aromatic N) is 1. The molecule has 0 saturated carbocycles. The van der Waals surface area contributed by atoms with Crippen molar-refractivity contribution >= 4 is 15.9 Å². The van der Waals surface area contributed by atoms with Crippen LogP contribution in [-0.2, 0) is 10.0 Å². The molecule has 0 spiro atoms. The molecule has 1 aliphatic rings. The molecular weight excluding hydrogens is 330 g/mol. The molecule has 1 fully saturated rings. The first-order chi connectivity index (χ1) is 10.8. The number of hydrogen-bond donors (Lipinski definition) is 2. The third-order valence-electron chi connectivity index (χ3n) is 3.53. The number of hydrogen-bond acceptors (Lipinski definition) is 4. The Morgan fingerprint density at radius 2 is 2.00 bits per heavy atom. The fourth-order valence-corrected chi connectivity index (χ4v) is 3.85. The van der Waals surface area contributed by atoms with Crippen LogP contribution in [0.1, 0.15) is 23.2 Å². The normalized spacial score (nSPS) is 19.7. The summed E-state index contributed by atoms with van der Waals surface area (Å²) >= 11 is 0. The van der Waals surface area contributed by atoms with Gasteiger partial charge in [-0.05, 0) is 37.1 Å². The highest BCUT2D eigenvalue weighted by atomic mass is 32.2. The summed E-state index contributed by atoms with van der Waals surface area (Å²) in [6, 6.07) is 5.06. The van der Waals surface area contributed by atoms with E-state index in [4.69, 9.17) is 0 Å². The second-order valence-electron chi connectivity index (χ2n) is 5.28. The lowest BCUT2D eigenvalue weighted by atomic mass is 10.1. The molecule has 0 unspecified atom stereocenters. The highest BCUT2D eigenvalue weighted by Gasteiger charge is 2.29. The fraction of sp³-hybridized carbons (Fsp3) is 0.500. The van der Waals surface area contributed by atoms with Crippen molar-refractivity contribution in [1.29, 1.82) is 0 Å². The molecule has 2 N–H and O–H groups in total. The highest BCUT2D eigenvalue weighted by molar-refractivity contribution is 7.89. The van der Waals surface area contributed by atoms with Gasteiger partial charge in [-0.2, -0.15) is 4.31 Å². The second-order valence-corrected chi connectivity index (χ2v) is 7.22. The van der Waals surface area contributed by atoms with Gasteiger partial charge in [0.05, 0.1) is 17.5 Å². The first-order valence-corrected chi connectivity index (χ1v) is 8.59. The number of rotatable bonds is 5. The van der Waals surface area contributed by atoms with E-state index in [0.29, 0.717) is 19.4 Å². The van der Waals surface area contributed by atoms with Crippen LogP contribution in [0.4, 0.5) is 8.78 Å². The molecule has 1 aromatic rings. The molecule has 6 nitrogen and oxygen atoms in total. The van der Waals surface area contributed by atoms with Gasteiger partial charge in [0.15, 0.2) is 0 Å². The number of benzene rings is 1. The molecule has 23 heavy (non-hydrogen) atoms. The number of β-amino-alcohol motifs (C(OH)–C–C–N with tert-alkyl or cyclic N) is 1. The van der Waals surface area contributed by atoms with Crippen LogP contribution in [0, 0.1) is 0 Å². The number of carbonyl (C=O) groups excluding carboxylic acids is 1. The lowest BCUT2D eigenvalue weighted by molar-refractivity contribution is 0.0891. The van der Waals surface area contributed by atoms with Crippen molar-refractivity contribution in [1.82, 2.24) is 9.62 Å². The summed E-state index contributed by atoms with van der Waals surface area (Å²) in [6.07, 6.45) is -2.19. The van der Waals surface area contributed by atoms with Crippen LogP contribution in [0.3, 0.4) is 0 Å². The summed E-state index contributed by atoms with van der Waals surface area (Å²) in [4.78, 5) is 11.6. The van der Waals surface area contributed by atoms with Gasteiger partial charge in [0, 0.05) is 18.7 Å². The van der Waals surface area contributed by atoms with Crippen LogP contribution in [0.2, 0.25) is 0 Å². The molecule has 1 saturated heterocycles. The molecule has 1 aliphatic heterocycles. The second kappa shape index (κ2) is 7.33. The lowest BCUT2D eigenvalue weighted by Crippen LogP contribution is -2.42. The maximum Gasteiger partial charge on any atom is 0.255 e. The van der Waals surface area contributed by atoms with Crippen LogP contribution in [0.15, 0.2) is 29.2 Å². The molecule has 2 rings (SSSR count). The number of alkyl halides is 2. The number of amides is 1. The van der Waals surface area contributed by atoms with E-state index < -0.39 is 35.0 Å². The standard InChI is InChI=1S/C14H18F2N2O4S/c15-13(16)8-17-14(20)10-3-5-12(6-4-10)23(21,22)18-7-1-2-11(19)9-18/h3-6,11,13,19H,1-2,7-9H2,(H,17,20)/t11-/m0/s1. The maximum absolute atomic E-state index is 12.4. The van der Waals surface area contributed by atoms with Crippen molar-refractivity contribution < 1.29 is 27.1 Å². The minimum Gasteiger partial charge on any atom is -0.392 e. The minimum atomic E-state index is -3.74. The van der Waals surface area contributed by atoms with Crippen molar-refractivity contribution in [2.24, 2.45) is 0 Å². The van der Waals surface area contributed by atoms with Crippen LogP contribution >= 0.6 is 0 Å². The Bertz CT molecular complexity index is 649. The number of nitrogens with one attached hydrogen (secondary N) is 1. The van der Waals surface area contributed by atoms with E-state index in [1.807, 2.05) is 5.32 Å². The van der Waals surface area contributed by atoms with E-state index in [0.717, 1.165) is 0 Å². The molecule has 0 bridgehead atoms. The zero-order valence-corrected chi connectivity index (χ0v) is 13.1. The van der Waals surface area contributed by atoms with Crippen LogP contribution < -0.4 is 5.32 Å². The summed E-state index contributed by atoms with van der Waals surface area (Å²) in [6.45, 7) is -0.389. The van der Waals surface area contributed by atoms with Crippen LogP contribution in [0.5, 0.6) is 0 Å². The SMILES string of the molecule is O=C(NCC(F)F)c1ccc(S(=O)(=O)N2CCC[C@H](O)C2)cc1. The van der Waals surface area contributed by atoms with Crippen molar-refractivity contribution in [3.63, 3.8) is 0 Å². The lowest BCUT2D eigenvalue weighted by Gasteiger charge is -2.29. The van der Waals surface area contributed by atoms with Gasteiger partial charge < -0.3 is 10.4 Å².